The highest BCUT2D eigenvalue weighted by Crippen LogP contribution is 2.33. The number of anilines is 1. The molecule has 2 aromatic carbocycles. The monoisotopic (exact) mass is 629 g/mol. The highest BCUT2D eigenvalue weighted by Gasteiger charge is 2.45. The van der Waals surface area contributed by atoms with Crippen LogP contribution >= 0.6 is 0 Å². The molecule has 0 spiro atoms. The zero-order valence-corrected chi connectivity index (χ0v) is 25.9. The number of hydrogen-bond donors (Lipinski definition) is 1. The van der Waals surface area contributed by atoms with Crippen LogP contribution in [0.5, 0.6) is 11.5 Å². The number of alkyl halides is 2. The van der Waals surface area contributed by atoms with Crippen LogP contribution in [0.1, 0.15) is 79.2 Å². The Kier molecular flexibility index (Phi) is 9.79. The van der Waals surface area contributed by atoms with Gasteiger partial charge in [-0.25, -0.2) is 4.79 Å². The Labute approximate surface area is 259 Å². The van der Waals surface area contributed by atoms with Crippen molar-refractivity contribution in [2.24, 2.45) is 0 Å². The van der Waals surface area contributed by atoms with E-state index in [9.17, 15) is 32.8 Å². The molecule has 45 heavy (non-hydrogen) atoms. The van der Waals surface area contributed by atoms with Gasteiger partial charge >= 0.3 is 11.9 Å². The van der Waals surface area contributed by atoms with E-state index >= 15 is 0 Å². The number of carbonyl (C=O) groups excluding carboxylic acids is 5. The molecule has 2 heterocycles. The van der Waals surface area contributed by atoms with Crippen LogP contribution in [0.15, 0.2) is 36.4 Å². The number of nitrogens with one attached hydrogen (secondary N) is 1. The number of nitrogens with zero attached hydrogens (tertiary/aromatic N) is 2. The first-order valence-electron chi connectivity index (χ1n) is 14.6. The van der Waals surface area contributed by atoms with Gasteiger partial charge < -0.3 is 19.1 Å². The van der Waals surface area contributed by atoms with Crippen LogP contribution in [-0.4, -0.2) is 72.8 Å². The molecular formula is C32H37F2N3O8. The molecule has 0 radical (unpaired) electrons. The topological polar surface area (TPSA) is 132 Å². The zero-order chi connectivity index (χ0) is 33.1. The standard InChI is InChI=1S/C32H37F2N3O8/c1-31(2,3)45-30(42)32(33,34)14-6-7-15-36(18-19-8-12-24(43-4)25(16-19)44-5)20-9-10-21-22(17-20)29(41)37(28(21)40)23-11-13-26(38)35-27(23)39/h8-10,12,16-17,23H,6-7,11,13-15,18H2,1-5H3,(H,35,38,39). The molecule has 0 saturated carbocycles. The third-order valence-corrected chi connectivity index (χ3v) is 7.48. The molecule has 242 valence electrons. The van der Waals surface area contributed by atoms with Crippen molar-refractivity contribution in [3.8, 4) is 11.5 Å². The van der Waals surface area contributed by atoms with Crippen LogP contribution in [0.3, 0.4) is 0 Å². The first kappa shape index (κ1) is 33.3. The van der Waals surface area contributed by atoms with Crippen molar-refractivity contribution in [1.82, 2.24) is 10.2 Å². The minimum Gasteiger partial charge on any atom is -0.493 e. The fourth-order valence-corrected chi connectivity index (χ4v) is 5.26. The van der Waals surface area contributed by atoms with Crippen molar-refractivity contribution >= 4 is 35.3 Å². The Morgan fingerprint density at radius 3 is 2.29 bits per heavy atom. The van der Waals surface area contributed by atoms with Crippen LogP contribution in [0.25, 0.3) is 0 Å². The maximum absolute atomic E-state index is 14.5. The average Bonchev–Trinajstić information content (AvgIpc) is 3.22. The molecule has 1 saturated heterocycles. The molecule has 4 rings (SSSR count). The summed E-state index contributed by atoms with van der Waals surface area (Å²) in [7, 11) is 3.01. The van der Waals surface area contributed by atoms with E-state index in [0.29, 0.717) is 17.2 Å². The molecule has 1 unspecified atom stereocenters. The fourth-order valence-electron chi connectivity index (χ4n) is 5.26. The molecule has 0 aliphatic carbocycles. The van der Waals surface area contributed by atoms with E-state index in [2.05, 4.69) is 5.32 Å². The van der Waals surface area contributed by atoms with E-state index in [-0.39, 0.29) is 49.9 Å². The number of amides is 4. The van der Waals surface area contributed by atoms with Gasteiger partial charge in [0.05, 0.1) is 25.3 Å². The van der Waals surface area contributed by atoms with E-state index in [1.807, 2.05) is 11.0 Å². The smallest absolute Gasteiger partial charge is 0.377 e. The largest absolute Gasteiger partial charge is 0.493 e. The molecule has 2 aromatic rings. The summed E-state index contributed by atoms with van der Waals surface area (Å²) in [5.41, 5.74) is 0.498. The summed E-state index contributed by atoms with van der Waals surface area (Å²) in [5.74, 6) is -6.68. The van der Waals surface area contributed by atoms with Crippen LogP contribution in [0.4, 0.5) is 14.5 Å². The van der Waals surface area contributed by atoms with Crippen molar-refractivity contribution in [3.63, 3.8) is 0 Å². The Hall–Kier alpha value is -4.55. The zero-order valence-electron chi connectivity index (χ0n) is 25.9. The van der Waals surface area contributed by atoms with E-state index < -0.39 is 53.6 Å². The molecule has 13 heteroatoms. The maximum atomic E-state index is 14.5. The van der Waals surface area contributed by atoms with Crippen LogP contribution in [-0.2, 0) is 25.7 Å². The Morgan fingerprint density at radius 1 is 0.956 bits per heavy atom. The summed E-state index contributed by atoms with van der Waals surface area (Å²) in [5, 5.41) is 2.17. The minimum atomic E-state index is -3.65. The lowest BCUT2D eigenvalue weighted by Crippen LogP contribution is -2.54. The molecule has 0 bridgehead atoms. The van der Waals surface area contributed by atoms with Gasteiger partial charge in [0.25, 0.3) is 11.8 Å². The van der Waals surface area contributed by atoms with Gasteiger partial charge in [-0.05, 0) is 75.9 Å². The van der Waals surface area contributed by atoms with Crippen molar-refractivity contribution in [1.29, 1.82) is 0 Å². The van der Waals surface area contributed by atoms with Gasteiger partial charge in [-0.1, -0.05) is 6.07 Å². The number of esters is 1. The lowest BCUT2D eigenvalue weighted by Gasteiger charge is -2.27. The third-order valence-electron chi connectivity index (χ3n) is 7.48. The first-order valence-corrected chi connectivity index (χ1v) is 14.6. The Bertz CT molecular complexity index is 1500. The van der Waals surface area contributed by atoms with Crippen LogP contribution in [0.2, 0.25) is 0 Å². The average molecular weight is 630 g/mol. The number of piperidine rings is 1. The second kappa shape index (κ2) is 13.2. The molecule has 2 aliphatic rings. The number of unbranched alkanes of at least 4 members (excludes halogenated alkanes) is 1. The van der Waals surface area contributed by atoms with E-state index in [4.69, 9.17) is 14.2 Å². The van der Waals surface area contributed by atoms with Gasteiger partial charge in [0.1, 0.15) is 11.6 Å². The van der Waals surface area contributed by atoms with Gasteiger partial charge in [-0.2, -0.15) is 8.78 Å². The van der Waals surface area contributed by atoms with Crippen molar-refractivity contribution < 1.29 is 47.0 Å². The number of methoxy groups -OCH3 is 2. The predicted octanol–water partition coefficient (Wildman–Crippen LogP) is 4.26. The number of carbonyl (C=O) groups is 5. The summed E-state index contributed by atoms with van der Waals surface area (Å²) >= 11 is 0. The second-order valence-electron chi connectivity index (χ2n) is 12.0. The van der Waals surface area contributed by atoms with Crippen molar-refractivity contribution in [2.75, 3.05) is 25.7 Å². The maximum Gasteiger partial charge on any atom is 0.377 e. The SMILES string of the molecule is COc1ccc(CN(CCCCC(F)(F)C(=O)OC(C)(C)C)c2ccc3c(c2)C(=O)N(C2CCC(=O)NC2=O)C3=O)cc1OC. The van der Waals surface area contributed by atoms with Gasteiger partial charge in [0.15, 0.2) is 11.5 Å². The highest BCUT2D eigenvalue weighted by atomic mass is 19.3. The van der Waals surface area contributed by atoms with Gasteiger partial charge in [-0.15, -0.1) is 0 Å². The number of ether oxygens (including phenoxy) is 3. The quantitative estimate of drug-likeness (QED) is 0.208. The Morgan fingerprint density at radius 2 is 1.64 bits per heavy atom. The first-order chi connectivity index (χ1) is 21.1. The van der Waals surface area contributed by atoms with Crippen LogP contribution in [0, 0.1) is 0 Å². The third kappa shape index (κ3) is 7.58. The second-order valence-corrected chi connectivity index (χ2v) is 12.0. The number of fused-ring (bicyclic) bond motifs is 1. The lowest BCUT2D eigenvalue weighted by atomic mass is 10.0. The molecule has 4 amide bonds. The van der Waals surface area contributed by atoms with Crippen LogP contribution < -0.4 is 19.7 Å². The number of benzene rings is 2. The number of halogens is 2. The molecule has 0 aromatic heterocycles. The van der Waals surface area contributed by atoms with Crippen molar-refractivity contribution in [2.45, 2.75) is 77.0 Å². The van der Waals surface area contributed by atoms with E-state index in [0.717, 1.165) is 10.5 Å². The van der Waals surface area contributed by atoms with Crippen molar-refractivity contribution in [3.05, 3.63) is 53.1 Å². The summed E-state index contributed by atoms with van der Waals surface area (Å²) in [6.45, 7) is 5.10. The summed E-state index contributed by atoms with van der Waals surface area (Å²) in [6.07, 6.45) is -0.411. The predicted molar refractivity (Wildman–Crippen MR) is 158 cm³/mol. The lowest BCUT2D eigenvalue weighted by molar-refractivity contribution is -0.184. The molecule has 1 atom stereocenters. The molecule has 2 aliphatic heterocycles. The van der Waals surface area contributed by atoms with Gasteiger partial charge in [0, 0.05) is 31.6 Å². The summed E-state index contributed by atoms with van der Waals surface area (Å²) in [6, 6.07) is 8.90. The number of hydrogen-bond acceptors (Lipinski definition) is 9. The van der Waals surface area contributed by atoms with Gasteiger partial charge in [0.2, 0.25) is 11.8 Å². The van der Waals surface area contributed by atoms with E-state index in [1.54, 1.807) is 18.2 Å². The number of rotatable bonds is 12. The highest BCUT2D eigenvalue weighted by molar-refractivity contribution is 6.23. The molecule has 11 nitrogen and oxygen atoms in total. The molecule has 1 N–H and O–H groups in total. The fraction of sp³-hybridized carbons (Fsp3) is 0.469. The summed E-state index contributed by atoms with van der Waals surface area (Å²) < 4.78 is 44.7. The minimum absolute atomic E-state index is 0.000321. The molecule has 1 fully saturated rings. The number of imide groups is 2. The molecular weight excluding hydrogens is 592 g/mol. The van der Waals surface area contributed by atoms with Gasteiger partial charge in [-0.3, -0.25) is 29.4 Å². The van der Waals surface area contributed by atoms with E-state index in [1.165, 1.54) is 47.1 Å². The Balaban J connectivity index is 1.56. The normalized spacial score (nSPS) is 16.8. The summed E-state index contributed by atoms with van der Waals surface area (Å²) in [4.78, 5) is 65.4.